The molecule has 0 rings (SSSR count). The molecule has 0 aliphatic carbocycles. The summed E-state index contributed by atoms with van der Waals surface area (Å²) in [4.78, 5) is 11.4. The average Bonchev–Trinajstić information content (AvgIpc) is 2.41. The number of amides is 1. The number of unbranched alkanes of at least 4 members (excludes halogenated alkanes) is 7. The molecule has 0 fully saturated rings. The number of carbonyl (C=O) groups excluding carboxylic acids is 1. The van der Waals surface area contributed by atoms with Crippen LogP contribution in [0.25, 0.3) is 0 Å². The summed E-state index contributed by atoms with van der Waals surface area (Å²) in [5.74, 6) is -0.427. The Morgan fingerprint density at radius 3 is 2.16 bits per heavy atom. The summed E-state index contributed by atoms with van der Waals surface area (Å²) in [6.07, 6.45) is 9.42. The molecule has 6 heteroatoms. The normalized spacial score (nSPS) is 12.4. The molecule has 3 N–H and O–H groups in total. The molecule has 0 aromatic carbocycles. The second kappa shape index (κ2) is 12.7. The highest BCUT2D eigenvalue weighted by atomic mass is 32.2. The van der Waals surface area contributed by atoms with Crippen LogP contribution in [0, 0.1) is 0 Å². The van der Waals surface area contributed by atoms with E-state index in [4.69, 9.17) is 10.2 Å². The summed E-state index contributed by atoms with van der Waals surface area (Å²) in [6, 6.07) is 0. The fourth-order valence-electron chi connectivity index (χ4n) is 1.71. The predicted octanol–water partition coefficient (Wildman–Crippen LogP) is 2.69. The zero-order chi connectivity index (χ0) is 14.5. The van der Waals surface area contributed by atoms with Crippen LogP contribution in [0.5, 0.6) is 0 Å². The van der Waals surface area contributed by atoms with E-state index in [0.29, 0.717) is 16.4 Å². The average molecular weight is 293 g/mol. The molecule has 114 valence electrons. The van der Waals surface area contributed by atoms with E-state index in [1.54, 1.807) is 0 Å². The van der Waals surface area contributed by atoms with E-state index in [1.807, 2.05) is 0 Å². The van der Waals surface area contributed by atoms with Crippen molar-refractivity contribution in [1.29, 1.82) is 0 Å². The Hall–Kier alpha value is -0.300. The van der Waals surface area contributed by atoms with Gasteiger partial charge in [0.2, 0.25) is 0 Å². The highest BCUT2D eigenvalue weighted by Crippen LogP contribution is 2.15. The van der Waals surface area contributed by atoms with E-state index in [-0.39, 0.29) is 6.42 Å². The molecule has 0 spiro atoms. The van der Waals surface area contributed by atoms with Gasteiger partial charge in [-0.05, 0) is 6.42 Å². The van der Waals surface area contributed by atoms with Gasteiger partial charge in [-0.25, -0.2) is 0 Å². The highest BCUT2D eigenvalue weighted by Gasteiger charge is 2.15. The largest absolute Gasteiger partial charge is 0.393 e. The first-order valence-corrected chi connectivity index (χ1v) is 7.93. The number of rotatable bonds is 12. The molecule has 0 heterocycles. The molecule has 0 aliphatic rings. The fraction of sp³-hybridized carbons (Fsp3) is 0.923. The predicted molar refractivity (Wildman–Crippen MR) is 76.5 cm³/mol. The van der Waals surface area contributed by atoms with E-state index < -0.39 is 18.0 Å². The standard InChI is InChI=1S/C13H27NO4S/c1-2-3-4-5-6-7-8-9-10-12(16)14(18)19-13(17)11-15/h13,15,17-18H,2-11H2,1H3. The van der Waals surface area contributed by atoms with Crippen molar-refractivity contribution < 1.29 is 20.2 Å². The zero-order valence-electron chi connectivity index (χ0n) is 11.8. The van der Waals surface area contributed by atoms with Crippen molar-refractivity contribution in [2.75, 3.05) is 6.61 Å². The van der Waals surface area contributed by atoms with Crippen LogP contribution in [0.4, 0.5) is 0 Å². The lowest BCUT2D eigenvalue weighted by Gasteiger charge is -2.15. The van der Waals surface area contributed by atoms with Crippen LogP contribution in [-0.2, 0) is 4.79 Å². The van der Waals surface area contributed by atoms with Crippen molar-refractivity contribution in [3.8, 4) is 0 Å². The first-order chi connectivity index (χ1) is 9.11. The van der Waals surface area contributed by atoms with Gasteiger partial charge in [-0.15, -0.1) is 0 Å². The maximum atomic E-state index is 11.4. The minimum absolute atomic E-state index is 0.274. The van der Waals surface area contributed by atoms with Crippen LogP contribution in [-0.4, -0.2) is 37.8 Å². The minimum atomic E-state index is -1.16. The van der Waals surface area contributed by atoms with Gasteiger partial charge < -0.3 is 10.2 Å². The molecule has 19 heavy (non-hydrogen) atoms. The van der Waals surface area contributed by atoms with Crippen LogP contribution in [0.3, 0.4) is 0 Å². The highest BCUT2D eigenvalue weighted by molar-refractivity contribution is 7.97. The minimum Gasteiger partial charge on any atom is -0.393 e. The quantitative estimate of drug-likeness (QED) is 0.169. The van der Waals surface area contributed by atoms with Gasteiger partial charge >= 0.3 is 0 Å². The lowest BCUT2D eigenvalue weighted by atomic mass is 10.1. The van der Waals surface area contributed by atoms with Gasteiger partial charge in [0.05, 0.1) is 6.61 Å². The number of hydroxylamine groups is 1. The van der Waals surface area contributed by atoms with Gasteiger partial charge in [-0.2, -0.15) is 4.47 Å². The van der Waals surface area contributed by atoms with E-state index in [0.717, 1.165) is 19.3 Å². The van der Waals surface area contributed by atoms with Crippen molar-refractivity contribution in [2.24, 2.45) is 0 Å². The van der Waals surface area contributed by atoms with Crippen LogP contribution in [0.2, 0.25) is 0 Å². The first-order valence-electron chi connectivity index (χ1n) is 7.09. The fourth-order valence-corrected chi connectivity index (χ4v) is 2.22. The molecule has 0 saturated carbocycles. The Labute approximate surface area is 120 Å². The molecule has 1 unspecified atom stereocenters. The summed E-state index contributed by atoms with van der Waals surface area (Å²) < 4.78 is 0.419. The van der Waals surface area contributed by atoms with Crippen LogP contribution >= 0.6 is 11.9 Å². The molecule has 1 amide bonds. The van der Waals surface area contributed by atoms with Crippen LogP contribution in [0.15, 0.2) is 0 Å². The molecular weight excluding hydrogens is 266 g/mol. The monoisotopic (exact) mass is 293 g/mol. The molecule has 0 aromatic heterocycles. The van der Waals surface area contributed by atoms with Gasteiger partial charge in [0.25, 0.3) is 5.91 Å². The summed E-state index contributed by atoms with van der Waals surface area (Å²) >= 11 is 0.530. The molecular formula is C13H27NO4S. The van der Waals surface area contributed by atoms with E-state index >= 15 is 0 Å². The third kappa shape index (κ3) is 11.2. The Bertz CT molecular complexity index is 229. The van der Waals surface area contributed by atoms with Gasteiger partial charge in [0.15, 0.2) is 0 Å². The SMILES string of the molecule is CCCCCCCCCCC(=O)N(O)SC(O)CO. The van der Waals surface area contributed by atoms with Crippen molar-refractivity contribution >= 4 is 17.9 Å². The van der Waals surface area contributed by atoms with E-state index in [2.05, 4.69) is 6.92 Å². The summed E-state index contributed by atoms with van der Waals surface area (Å²) in [7, 11) is 0. The molecule has 0 bridgehead atoms. The number of hydrogen-bond donors (Lipinski definition) is 3. The topological polar surface area (TPSA) is 81.0 Å². The second-order valence-corrected chi connectivity index (χ2v) is 5.74. The van der Waals surface area contributed by atoms with E-state index in [9.17, 15) is 10.0 Å². The molecule has 1 atom stereocenters. The maximum absolute atomic E-state index is 11.4. The first kappa shape index (κ1) is 18.7. The molecule has 0 aliphatic heterocycles. The van der Waals surface area contributed by atoms with Gasteiger partial charge in [-0.1, -0.05) is 51.9 Å². The number of aliphatic hydroxyl groups is 2. The Morgan fingerprint density at radius 1 is 1.11 bits per heavy atom. The molecule has 0 radical (unpaired) electrons. The zero-order valence-corrected chi connectivity index (χ0v) is 12.6. The van der Waals surface area contributed by atoms with Crippen LogP contribution in [0.1, 0.15) is 64.7 Å². The molecule has 0 saturated heterocycles. The van der Waals surface area contributed by atoms with Crippen molar-refractivity contribution in [3.05, 3.63) is 0 Å². The van der Waals surface area contributed by atoms with Crippen molar-refractivity contribution in [1.82, 2.24) is 4.47 Å². The van der Waals surface area contributed by atoms with Crippen LogP contribution < -0.4 is 0 Å². The Kier molecular flexibility index (Phi) is 12.5. The van der Waals surface area contributed by atoms with Gasteiger partial charge in [0, 0.05) is 18.4 Å². The maximum Gasteiger partial charge on any atom is 0.256 e. The summed E-state index contributed by atoms with van der Waals surface area (Å²) in [6.45, 7) is 1.70. The Balaban J connectivity index is 3.42. The summed E-state index contributed by atoms with van der Waals surface area (Å²) in [5.41, 5.74) is -1.16. The lowest BCUT2D eigenvalue weighted by Crippen LogP contribution is -2.24. The third-order valence-electron chi connectivity index (χ3n) is 2.84. The lowest BCUT2D eigenvalue weighted by molar-refractivity contribution is -0.144. The second-order valence-electron chi connectivity index (χ2n) is 4.63. The Morgan fingerprint density at radius 2 is 1.63 bits per heavy atom. The molecule has 0 aromatic rings. The third-order valence-corrected chi connectivity index (χ3v) is 3.63. The smallest absolute Gasteiger partial charge is 0.256 e. The van der Waals surface area contributed by atoms with Crippen molar-refractivity contribution in [2.45, 2.75) is 70.1 Å². The van der Waals surface area contributed by atoms with Gasteiger partial charge in [0.1, 0.15) is 5.44 Å². The number of nitrogens with zero attached hydrogens (tertiary/aromatic N) is 1. The van der Waals surface area contributed by atoms with Crippen molar-refractivity contribution in [3.63, 3.8) is 0 Å². The number of aliphatic hydroxyl groups excluding tert-OH is 2. The van der Waals surface area contributed by atoms with Gasteiger partial charge in [-0.3, -0.25) is 10.0 Å². The number of hydrogen-bond acceptors (Lipinski definition) is 5. The van der Waals surface area contributed by atoms with E-state index in [1.165, 1.54) is 32.1 Å². The molecule has 5 nitrogen and oxygen atoms in total. The number of carbonyl (C=O) groups is 1. The summed E-state index contributed by atoms with van der Waals surface area (Å²) in [5, 5.41) is 26.9.